The van der Waals surface area contributed by atoms with E-state index in [0.717, 1.165) is 12.5 Å². The molecular formula is C11H11BrF2O2. The van der Waals surface area contributed by atoms with Gasteiger partial charge in [0.25, 0.3) is 0 Å². The van der Waals surface area contributed by atoms with E-state index >= 15 is 0 Å². The van der Waals surface area contributed by atoms with Crippen LogP contribution in [0, 0.1) is 17.6 Å². The summed E-state index contributed by atoms with van der Waals surface area (Å²) in [4.78, 5) is 0. The molecule has 2 nitrogen and oxygen atoms in total. The minimum Gasteiger partial charge on any atom is -0.388 e. The fraction of sp³-hybridized carbons (Fsp3) is 0.455. The van der Waals surface area contributed by atoms with Crippen LogP contribution >= 0.6 is 15.9 Å². The van der Waals surface area contributed by atoms with E-state index in [1.165, 1.54) is 6.07 Å². The SMILES string of the molecule is OC(c1ccc(F)c(F)c1Br)C1CCOC1. The molecule has 1 N–H and O–H groups in total. The number of rotatable bonds is 2. The minimum atomic E-state index is -0.963. The van der Waals surface area contributed by atoms with Crippen molar-refractivity contribution in [3.63, 3.8) is 0 Å². The van der Waals surface area contributed by atoms with E-state index in [1.807, 2.05) is 0 Å². The maximum atomic E-state index is 13.3. The second-order valence-corrected chi connectivity index (χ2v) is 4.63. The van der Waals surface area contributed by atoms with Gasteiger partial charge >= 0.3 is 0 Å². The zero-order valence-electron chi connectivity index (χ0n) is 8.42. The number of aliphatic hydroxyl groups excluding tert-OH is 1. The lowest BCUT2D eigenvalue weighted by atomic mass is 9.95. The molecule has 0 saturated carbocycles. The van der Waals surface area contributed by atoms with E-state index in [9.17, 15) is 13.9 Å². The topological polar surface area (TPSA) is 29.5 Å². The summed E-state index contributed by atoms with van der Waals surface area (Å²) in [6, 6.07) is 2.42. The molecule has 0 radical (unpaired) electrons. The van der Waals surface area contributed by atoms with Crippen molar-refractivity contribution in [2.45, 2.75) is 12.5 Å². The van der Waals surface area contributed by atoms with Crippen molar-refractivity contribution in [3.05, 3.63) is 33.8 Å². The molecule has 1 aromatic rings. The Hall–Kier alpha value is -0.520. The quantitative estimate of drug-likeness (QED) is 0.850. The van der Waals surface area contributed by atoms with E-state index in [2.05, 4.69) is 15.9 Å². The van der Waals surface area contributed by atoms with Crippen LogP contribution in [-0.4, -0.2) is 18.3 Å². The standard InChI is InChI=1S/C11H11BrF2O2/c12-9-7(1-2-8(13)10(9)14)11(15)6-3-4-16-5-6/h1-2,6,11,15H,3-5H2. The van der Waals surface area contributed by atoms with Crippen LogP contribution in [0.2, 0.25) is 0 Å². The Labute approximate surface area is 100 Å². The summed E-state index contributed by atoms with van der Waals surface area (Å²) in [5.74, 6) is -1.94. The van der Waals surface area contributed by atoms with Crippen LogP contribution in [-0.2, 0) is 4.74 Å². The van der Waals surface area contributed by atoms with Gasteiger partial charge in [0.15, 0.2) is 11.6 Å². The van der Waals surface area contributed by atoms with Crippen LogP contribution in [0.25, 0.3) is 0 Å². The molecule has 1 heterocycles. The van der Waals surface area contributed by atoms with Crippen LogP contribution in [0.5, 0.6) is 0 Å². The molecule has 0 spiro atoms. The summed E-state index contributed by atoms with van der Waals surface area (Å²) in [6.45, 7) is 1.05. The molecule has 0 aromatic heterocycles. The lowest BCUT2D eigenvalue weighted by Crippen LogP contribution is -2.13. The predicted molar refractivity (Wildman–Crippen MR) is 57.9 cm³/mol. The van der Waals surface area contributed by atoms with Gasteiger partial charge in [-0.1, -0.05) is 6.07 Å². The molecule has 88 valence electrons. The normalized spacial score (nSPS) is 22.4. The Kier molecular flexibility index (Phi) is 3.56. The molecule has 5 heteroatoms. The number of benzene rings is 1. The highest BCUT2D eigenvalue weighted by Crippen LogP contribution is 2.34. The van der Waals surface area contributed by atoms with Crippen molar-refractivity contribution < 1.29 is 18.6 Å². The number of hydrogen-bond donors (Lipinski definition) is 1. The molecule has 1 aliphatic heterocycles. The molecule has 1 aliphatic rings. The highest BCUT2D eigenvalue weighted by molar-refractivity contribution is 9.10. The lowest BCUT2D eigenvalue weighted by molar-refractivity contribution is 0.0908. The Morgan fingerprint density at radius 1 is 1.44 bits per heavy atom. The summed E-state index contributed by atoms with van der Waals surface area (Å²) >= 11 is 2.96. The molecule has 2 rings (SSSR count). The zero-order valence-corrected chi connectivity index (χ0v) is 10.0. The second-order valence-electron chi connectivity index (χ2n) is 3.83. The van der Waals surface area contributed by atoms with E-state index in [-0.39, 0.29) is 10.4 Å². The average Bonchev–Trinajstić information content (AvgIpc) is 2.79. The Morgan fingerprint density at radius 3 is 2.81 bits per heavy atom. The molecule has 0 amide bonds. The molecule has 0 bridgehead atoms. The van der Waals surface area contributed by atoms with Crippen LogP contribution in [0.15, 0.2) is 16.6 Å². The van der Waals surface area contributed by atoms with E-state index < -0.39 is 17.7 Å². The second kappa shape index (κ2) is 4.77. The zero-order chi connectivity index (χ0) is 11.7. The van der Waals surface area contributed by atoms with Crippen LogP contribution in [0.1, 0.15) is 18.1 Å². The van der Waals surface area contributed by atoms with Crippen molar-refractivity contribution in [1.82, 2.24) is 0 Å². The van der Waals surface area contributed by atoms with Crippen molar-refractivity contribution in [1.29, 1.82) is 0 Å². The summed E-state index contributed by atoms with van der Waals surface area (Å²) in [5.41, 5.74) is 0.370. The van der Waals surface area contributed by atoms with Gasteiger partial charge in [-0.3, -0.25) is 0 Å². The van der Waals surface area contributed by atoms with Gasteiger partial charge in [0.05, 0.1) is 17.2 Å². The van der Waals surface area contributed by atoms with Gasteiger partial charge in [-0.15, -0.1) is 0 Å². The third kappa shape index (κ3) is 2.12. The van der Waals surface area contributed by atoms with Crippen LogP contribution < -0.4 is 0 Å². The first-order valence-corrected chi connectivity index (χ1v) is 5.79. The first kappa shape index (κ1) is 12.0. The number of halogens is 3. The van der Waals surface area contributed by atoms with Crippen molar-refractivity contribution in [2.75, 3.05) is 13.2 Å². The van der Waals surface area contributed by atoms with Crippen LogP contribution in [0.3, 0.4) is 0 Å². The maximum absolute atomic E-state index is 13.3. The molecule has 2 atom stereocenters. The highest BCUT2D eigenvalue weighted by Gasteiger charge is 2.28. The lowest BCUT2D eigenvalue weighted by Gasteiger charge is -2.18. The van der Waals surface area contributed by atoms with Crippen LogP contribution in [0.4, 0.5) is 8.78 Å². The van der Waals surface area contributed by atoms with Crippen molar-refractivity contribution in [3.8, 4) is 0 Å². The number of ether oxygens (including phenoxy) is 1. The Bertz CT molecular complexity index is 392. The fourth-order valence-corrected chi connectivity index (χ4v) is 2.38. The number of aliphatic hydroxyl groups is 1. The van der Waals surface area contributed by atoms with Gasteiger partial charge in [-0.05, 0) is 34.0 Å². The van der Waals surface area contributed by atoms with E-state index in [0.29, 0.717) is 18.8 Å². The van der Waals surface area contributed by atoms with Gasteiger partial charge in [-0.25, -0.2) is 8.78 Å². The third-order valence-corrected chi connectivity index (χ3v) is 3.60. The minimum absolute atomic E-state index is 0.00750. The molecule has 1 aromatic carbocycles. The molecule has 16 heavy (non-hydrogen) atoms. The smallest absolute Gasteiger partial charge is 0.173 e. The monoisotopic (exact) mass is 292 g/mol. The van der Waals surface area contributed by atoms with Crippen molar-refractivity contribution in [2.24, 2.45) is 5.92 Å². The third-order valence-electron chi connectivity index (χ3n) is 2.80. The van der Waals surface area contributed by atoms with E-state index in [1.54, 1.807) is 0 Å². The summed E-state index contributed by atoms with van der Waals surface area (Å²) in [6.07, 6.45) is -0.0981. The van der Waals surface area contributed by atoms with Gasteiger partial charge < -0.3 is 9.84 Å². The first-order valence-electron chi connectivity index (χ1n) is 5.00. The molecule has 1 saturated heterocycles. The maximum Gasteiger partial charge on any atom is 0.173 e. The van der Waals surface area contributed by atoms with Crippen molar-refractivity contribution >= 4 is 15.9 Å². The Morgan fingerprint density at radius 2 is 2.19 bits per heavy atom. The average molecular weight is 293 g/mol. The largest absolute Gasteiger partial charge is 0.388 e. The predicted octanol–water partition coefficient (Wildman–Crippen LogP) is 2.80. The fourth-order valence-electron chi connectivity index (χ4n) is 1.82. The molecule has 1 fully saturated rings. The Balaban J connectivity index is 2.29. The summed E-state index contributed by atoms with van der Waals surface area (Å²) in [5, 5.41) is 10.0. The van der Waals surface area contributed by atoms with E-state index in [4.69, 9.17) is 4.74 Å². The highest BCUT2D eigenvalue weighted by atomic mass is 79.9. The molecule has 0 aliphatic carbocycles. The van der Waals surface area contributed by atoms with Gasteiger partial charge in [0.1, 0.15) is 0 Å². The summed E-state index contributed by atoms with van der Waals surface area (Å²) < 4.78 is 31.3. The van der Waals surface area contributed by atoms with Gasteiger partial charge in [-0.2, -0.15) is 0 Å². The van der Waals surface area contributed by atoms with Gasteiger partial charge in [0, 0.05) is 12.5 Å². The summed E-state index contributed by atoms with van der Waals surface area (Å²) in [7, 11) is 0. The molecular weight excluding hydrogens is 282 g/mol. The van der Waals surface area contributed by atoms with Gasteiger partial charge in [0.2, 0.25) is 0 Å². The first-order chi connectivity index (χ1) is 7.61. The number of hydrogen-bond acceptors (Lipinski definition) is 2. The molecule has 2 unspecified atom stereocenters.